The number of hydrogen-bond acceptors (Lipinski definition) is 3. The number of nitrogens with one attached hydrogen (secondary N) is 2. The molecule has 5 nitrogen and oxygen atoms in total. The molecule has 1 heterocycles. The van der Waals surface area contributed by atoms with Crippen LogP contribution in [0.15, 0.2) is 48.5 Å². The van der Waals surface area contributed by atoms with Crippen LogP contribution in [0.1, 0.15) is 28.8 Å². The lowest BCUT2D eigenvalue weighted by Crippen LogP contribution is -3.14. The maximum Gasteiger partial charge on any atom is 0.279 e. The van der Waals surface area contributed by atoms with Crippen LogP contribution in [0, 0.1) is 12.8 Å². The first kappa shape index (κ1) is 20.1. The summed E-state index contributed by atoms with van der Waals surface area (Å²) in [5.74, 6) is 0.341. The molecule has 148 valence electrons. The van der Waals surface area contributed by atoms with Gasteiger partial charge in [-0.15, -0.1) is 0 Å². The minimum absolute atomic E-state index is 0.0240. The summed E-state index contributed by atoms with van der Waals surface area (Å²) < 4.78 is 0. The molecule has 0 radical (unpaired) electrons. The molecule has 1 saturated heterocycles. The van der Waals surface area contributed by atoms with E-state index < -0.39 is 0 Å². The number of aryl methyl sites for hydroxylation is 1. The van der Waals surface area contributed by atoms with Crippen LogP contribution < -0.4 is 15.1 Å². The molecule has 1 fully saturated rings. The monoisotopic (exact) mass is 380 g/mol. The lowest BCUT2D eigenvalue weighted by atomic mass is 9.88. The smallest absolute Gasteiger partial charge is 0.279 e. The first-order chi connectivity index (χ1) is 13.4. The molecule has 0 spiro atoms. The molecule has 0 saturated carbocycles. The summed E-state index contributed by atoms with van der Waals surface area (Å²) in [4.78, 5) is 28.3. The summed E-state index contributed by atoms with van der Waals surface area (Å²) in [5.41, 5.74) is 3.89. The Morgan fingerprint density at radius 1 is 1.00 bits per heavy atom. The number of benzene rings is 2. The number of ketones is 1. The topological polar surface area (TPSA) is 53.9 Å². The van der Waals surface area contributed by atoms with Crippen molar-refractivity contribution < 1.29 is 14.5 Å². The standard InChI is InChI=1S/C23H29N3O2/c1-17-4-6-18(7-5-17)23(28)19-12-14-26(15-13-19)16-22(27)24-20-8-10-21(11-9-20)25(2)3/h4-11,19H,12-16H2,1-3H3,(H,24,27)/p+1. The lowest BCUT2D eigenvalue weighted by Gasteiger charge is -2.28. The van der Waals surface area contributed by atoms with Gasteiger partial charge in [-0.05, 0) is 31.2 Å². The van der Waals surface area contributed by atoms with Gasteiger partial charge in [-0.2, -0.15) is 0 Å². The van der Waals surface area contributed by atoms with Gasteiger partial charge in [0.1, 0.15) is 0 Å². The molecule has 28 heavy (non-hydrogen) atoms. The second kappa shape index (κ2) is 9.02. The zero-order chi connectivity index (χ0) is 20.1. The second-order valence-electron chi connectivity index (χ2n) is 7.92. The molecule has 2 aromatic carbocycles. The number of carbonyl (C=O) groups is 2. The zero-order valence-electron chi connectivity index (χ0n) is 17.0. The Labute approximate surface area is 167 Å². The van der Waals surface area contributed by atoms with Crippen molar-refractivity contribution >= 4 is 23.1 Å². The van der Waals surface area contributed by atoms with Gasteiger partial charge in [0.05, 0.1) is 13.1 Å². The predicted molar refractivity (Wildman–Crippen MR) is 113 cm³/mol. The summed E-state index contributed by atoms with van der Waals surface area (Å²) in [6.45, 7) is 4.18. The van der Waals surface area contributed by atoms with Crippen molar-refractivity contribution in [2.75, 3.05) is 43.9 Å². The number of carbonyl (C=O) groups excluding carboxylic acids is 2. The van der Waals surface area contributed by atoms with E-state index in [-0.39, 0.29) is 17.6 Å². The van der Waals surface area contributed by atoms with Gasteiger partial charge in [0.15, 0.2) is 12.3 Å². The molecule has 3 rings (SSSR count). The highest BCUT2D eigenvalue weighted by molar-refractivity contribution is 5.98. The van der Waals surface area contributed by atoms with Crippen LogP contribution in [0.2, 0.25) is 0 Å². The van der Waals surface area contributed by atoms with Gasteiger partial charge in [-0.3, -0.25) is 9.59 Å². The van der Waals surface area contributed by atoms with Crippen LogP contribution in [0.3, 0.4) is 0 Å². The van der Waals surface area contributed by atoms with Gasteiger partial charge in [-0.1, -0.05) is 29.8 Å². The lowest BCUT2D eigenvalue weighted by molar-refractivity contribution is -0.897. The van der Waals surface area contributed by atoms with E-state index in [4.69, 9.17) is 0 Å². The third kappa shape index (κ3) is 5.20. The fourth-order valence-electron chi connectivity index (χ4n) is 3.69. The molecule has 0 atom stereocenters. The normalized spacial score (nSPS) is 19.1. The van der Waals surface area contributed by atoms with E-state index in [9.17, 15) is 9.59 Å². The van der Waals surface area contributed by atoms with Gasteiger partial charge >= 0.3 is 0 Å². The van der Waals surface area contributed by atoms with Crippen molar-refractivity contribution in [2.45, 2.75) is 19.8 Å². The van der Waals surface area contributed by atoms with E-state index in [0.29, 0.717) is 6.54 Å². The molecule has 1 amide bonds. The number of Topliss-reactive ketones (excluding diaryl/α,β-unsaturated/α-hetero) is 1. The van der Waals surface area contributed by atoms with E-state index in [0.717, 1.165) is 48.4 Å². The van der Waals surface area contributed by atoms with E-state index in [1.54, 1.807) is 0 Å². The van der Waals surface area contributed by atoms with Gasteiger partial charge in [0, 0.05) is 49.8 Å². The number of amides is 1. The average Bonchev–Trinajstić information content (AvgIpc) is 2.69. The zero-order valence-corrected chi connectivity index (χ0v) is 17.0. The summed E-state index contributed by atoms with van der Waals surface area (Å²) in [7, 11) is 3.98. The van der Waals surface area contributed by atoms with Crippen molar-refractivity contribution in [1.29, 1.82) is 0 Å². The minimum atomic E-state index is 0.0240. The van der Waals surface area contributed by atoms with E-state index in [1.807, 2.05) is 74.4 Å². The first-order valence-corrected chi connectivity index (χ1v) is 9.94. The molecular weight excluding hydrogens is 350 g/mol. The number of nitrogens with zero attached hydrogens (tertiary/aromatic N) is 1. The molecule has 5 heteroatoms. The van der Waals surface area contributed by atoms with E-state index in [2.05, 4.69) is 5.32 Å². The highest BCUT2D eigenvalue weighted by atomic mass is 16.2. The number of anilines is 2. The third-order valence-corrected chi connectivity index (χ3v) is 5.48. The molecule has 1 aliphatic rings. The summed E-state index contributed by atoms with van der Waals surface area (Å²) >= 11 is 0. The van der Waals surface area contributed by atoms with E-state index in [1.165, 1.54) is 4.90 Å². The Balaban J connectivity index is 1.46. The number of hydrogen-bond donors (Lipinski definition) is 2. The number of likely N-dealkylation sites (tertiary alicyclic amines) is 1. The summed E-state index contributed by atoms with van der Waals surface area (Å²) in [6.07, 6.45) is 1.68. The highest BCUT2D eigenvalue weighted by Gasteiger charge is 2.29. The van der Waals surface area contributed by atoms with Crippen molar-refractivity contribution in [3.63, 3.8) is 0 Å². The number of quaternary nitrogens is 1. The molecule has 2 aromatic rings. The average molecular weight is 381 g/mol. The summed E-state index contributed by atoms with van der Waals surface area (Å²) in [6, 6.07) is 15.7. The molecular formula is C23H30N3O2+. The van der Waals surface area contributed by atoms with Crippen LogP contribution in [-0.2, 0) is 4.79 Å². The van der Waals surface area contributed by atoms with Crippen LogP contribution >= 0.6 is 0 Å². The third-order valence-electron chi connectivity index (χ3n) is 5.48. The maximum absolute atomic E-state index is 12.7. The molecule has 2 N–H and O–H groups in total. The molecule has 0 aliphatic carbocycles. The number of piperidine rings is 1. The van der Waals surface area contributed by atoms with Crippen molar-refractivity contribution in [3.8, 4) is 0 Å². The van der Waals surface area contributed by atoms with Crippen LogP contribution in [0.25, 0.3) is 0 Å². The number of rotatable bonds is 6. The Hall–Kier alpha value is -2.66. The largest absolute Gasteiger partial charge is 0.378 e. The fourth-order valence-corrected chi connectivity index (χ4v) is 3.69. The molecule has 0 bridgehead atoms. The van der Waals surface area contributed by atoms with Gasteiger partial charge < -0.3 is 15.1 Å². The second-order valence-corrected chi connectivity index (χ2v) is 7.92. The van der Waals surface area contributed by atoms with Crippen molar-refractivity contribution in [3.05, 3.63) is 59.7 Å². The van der Waals surface area contributed by atoms with Crippen molar-refractivity contribution in [2.24, 2.45) is 5.92 Å². The first-order valence-electron chi connectivity index (χ1n) is 9.94. The molecule has 0 unspecified atom stereocenters. The Kier molecular flexibility index (Phi) is 6.47. The van der Waals surface area contributed by atoms with Gasteiger partial charge in [0.25, 0.3) is 5.91 Å². The minimum Gasteiger partial charge on any atom is -0.378 e. The maximum atomic E-state index is 12.7. The molecule has 0 aromatic heterocycles. The predicted octanol–water partition coefficient (Wildman–Crippen LogP) is 2.18. The fraction of sp³-hybridized carbons (Fsp3) is 0.391. The SMILES string of the molecule is Cc1ccc(C(=O)C2CC[NH+](CC(=O)Nc3ccc(N(C)C)cc3)CC2)cc1. The Morgan fingerprint density at radius 3 is 2.18 bits per heavy atom. The summed E-state index contributed by atoms with van der Waals surface area (Å²) in [5, 5.41) is 2.98. The van der Waals surface area contributed by atoms with Crippen LogP contribution in [0.5, 0.6) is 0 Å². The van der Waals surface area contributed by atoms with Crippen LogP contribution in [0.4, 0.5) is 11.4 Å². The Bertz CT molecular complexity index is 805. The Morgan fingerprint density at radius 2 is 1.61 bits per heavy atom. The quantitative estimate of drug-likeness (QED) is 0.756. The van der Waals surface area contributed by atoms with Crippen molar-refractivity contribution in [1.82, 2.24) is 0 Å². The van der Waals surface area contributed by atoms with Gasteiger partial charge in [-0.25, -0.2) is 0 Å². The highest BCUT2D eigenvalue weighted by Crippen LogP contribution is 2.18. The van der Waals surface area contributed by atoms with Gasteiger partial charge in [0.2, 0.25) is 0 Å². The molecule has 1 aliphatic heterocycles. The van der Waals surface area contributed by atoms with Crippen LogP contribution in [-0.4, -0.2) is 45.4 Å². The van der Waals surface area contributed by atoms with E-state index >= 15 is 0 Å².